The topological polar surface area (TPSA) is 53.3 Å². The van der Waals surface area contributed by atoms with Crippen LogP contribution in [0.1, 0.15) is 12.8 Å². The fourth-order valence-electron chi connectivity index (χ4n) is 1.84. The zero-order chi connectivity index (χ0) is 12.5. The molecule has 4 nitrogen and oxygen atoms in total. The van der Waals surface area contributed by atoms with Crippen LogP contribution in [0, 0.1) is 16.7 Å². The van der Waals surface area contributed by atoms with Crippen molar-refractivity contribution in [3.63, 3.8) is 0 Å². The van der Waals surface area contributed by atoms with Crippen molar-refractivity contribution in [3.05, 3.63) is 24.3 Å². The summed E-state index contributed by atoms with van der Waals surface area (Å²) in [6.07, 6.45) is 1.31. The first-order valence-electron chi connectivity index (χ1n) is 5.47. The molecule has 0 radical (unpaired) electrons. The summed E-state index contributed by atoms with van der Waals surface area (Å²) in [6, 6.07) is 9.40. The Morgan fingerprint density at radius 1 is 1.47 bits per heavy atom. The molecule has 0 unspecified atom stereocenters. The van der Waals surface area contributed by atoms with Crippen LogP contribution in [-0.2, 0) is 4.79 Å². The molecule has 0 N–H and O–H groups in total. The standard InChI is InChI=1S/C13H14N2O2/c1-15(12(16)13(9-14)7-8-13)10-5-3-4-6-11(10)17-2/h3-6H,7-8H2,1-2H3. The Balaban J connectivity index is 2.29. The minimum Gasteiger partial charge on any atom is -0.495 e. The zero-order valence-corrected chi connectivity index (χ0v) is 9.93. The molecule has 1 saturated carbocycles. The Morgan fingerprint density at radius 3 is 2.65 bits per heavy atom. The van der Waals surface area contributed by atoms with Gasteiger partial charge in [0.2, 0.25) is 5.91 Å². The number of methoxy groups -OCH3 is 1. The number of amides is 1. The van der Waals surface area contributed by atoms with E-state index in [1.165, 1.54) is 4.90 Å². The van der Waals surface area contributed by atoms with E-state index in [0.717, 1.165) is 0 Å². The fourth-order valence-corrected chi connectivity index (χ4v) is 1.84. The molecular weight excluding hydrogens is 216 g/mol. The summed E-state index contributed by atoms with van der Waals surface area (Å²) in [7, 11) is 3.24. The van der Waals surface area contributed by atoms with Crippen LogP contribution in [0.4, 0.5) is 5.69 Å². The first-order chi connectivity index (χ1) is 8.14. The molecule has 0 saturated heterocycles. The van der Waals surface area contributed by atoms with Crippen molar-refractivity contribution in [3.8, 4) is 11.8 Å². The van der Waals surface area contributed by atoms with Gasteiger partial charge >= 0.3 is 0 Å². The number of rotatable bonds is 3. The van der Waals surface area contributed by atoms with Gasteiger partial charge in [-0.25, -0.2) is 0 Å². The lowest BCUT2D eigenvalue weighted by Crippen LogP contribution is -2.33. The quantitative estimate of drug-likeness (QED) is 0.797. The van der Waals surface area contributed by atoms with E-state index < -0.39 is 5.41 Å². The molecule has 4 heteroatoms. The predicted molar refractivity (Wildman–Crippen MR) is 63.7 cm³/mol. The monoisotopic (exact) mass is 230 g/mol. The summed E-state index contributed by atoms with van der Waals surface area (Å²) in [5, 5.41) is 9.02. The van der Waals surface area contributed by atoms with E-state index in [4.69, 9.17) is 10.00 Å². The van der Waals surface area contributed by atoms with Crippen LogP contribution in [-0.4, -0.2) is 20.1 Å². The molecule has 0 heterocycles. The largest absolute Gasteiger partial charge is 0.495 e. The molecule has 17 heavy (non-hydrogen) atoms. The summed E-state index contributed by atoms with van der Waals surface area (Å²) in [6.45, 7) is 0. The summed E-state index contributed by atoms with van der Waals surface area (Å²) >= 11 is 0. The minimum atomic E-state index is -0.796. The molecule has 1 aromatic rings. The molecule has 1 aliphatic carbocycles. The SMILES string of the molecule is COc1ccccc1N(C)C(=O)C1(C#N)CC1. The molecular formula is C13H14N2O2. The highest BCUT2D eigenvalue weighted by molar-refractivity contribution is 6.01. The van der Waals surface area contributed by atoms with Gasteiger partial charge in [-0.15, -0.1) is 0 Å². The molecule has 1 aliphatic rings. The number of carbonyl (C=O) groups excluding carboxylic acids is 1. The van der Waals surface area contributed by atoms with Gasteiger partial charge in [0.15, 0.2) is 0 Å². The van der Waals surface area contributed by atoms with Gasteiger partial charge in [-0.1, -0.05) is 12.1 Å². The van der Waals surface area contributed by atoms with Crippen LogP contribution in [0.15, 0.2) is 24.3 Å². The Hall–Kier alpha value is -2.02. The molecule has 0 spiro atoms. The highest BCUT2D eigenvalue weighted by Crippen LogP contribution is 2.47. The molecule has 0 aliphatic heterocycles. The Bertz CT molecular complexity index is 486. The van der Waals surface area contributed by atoms with E-state index >= 15 is 0 Å². The molecule has 2 rings (SSSR count). The van der Waals surface area contributed by atoms with Gasteiger partial charge in [-0.3, -0.25) is 4.79 Å². The number of para-hydroxylation sites is 2. The lowest BCUT2D eigenvalue weighted by atomic mass is 10.1. The van der Waals surface area contributed by atoms with Gasteiger partial charge in [-0.05, 0) is 25.0 Å². The fraction of sp³-hybridized carbons (Fsp3) is 0.385. The van der Waals surface area contributed by atoms with Crippen molar-refractivity contribution in [2.75, 3.05) is 19.1 Å². The molecule has 0 atom stereocenters. The molecule has 1 fully saturated rings. The maximum atomic E-state index is 12.2. The summed E-state index contributed by atoms with van der Waals surface area (Å²) in [5.41, 5.74) is -0.100. The van der Waals surface area contributed by atoms with E-state index in [1.807, 2.05) is 18.2 Å². The van der Waals surface area contributed by atoms with Crippen LogP contribution in [0.3, 0.4) is 0 Å². The molecule has 0 aromatic heterocycles. The number of ether oxygens (including phenoxy) is 1. The molecule has 1 aromatic carbocycles. The van der Waals surface area contributed by atoms with Crippen LogP contribution in [0.25, 0.3) is 0 Å². The number of hydrogen-bond acceptors (Lipinski definition) is 3. The van der Waals surface area contributed by atoms with Crippen molar-refractivity contribution < 1.29 is 9.53 Å². The van der Waals surface area contributed by atoms with Gasteiger partial charge in [0.25, 0.3) is 0 Å². The average Bonchev–Trinajstić information content (AvgIpc) is 3.18. The Labute approximate surface area is 100 Å². The average molecular weight is 230 g/mol. The van der Waals surface area contributed by atoms with E-state index in [9.17, 15) is 4.79 Å². The number of anilines is 1. The highest BCUT2D eigenvalue weighted by atomic mass is 16.5. The molecule has 0 bridgehead atoms. The maximum Gasteiger partial charge on any atom is 0.247 e. The Morgan fingerprint density at radius 2 is 2.12 bits per heavy atom. The molecule has 1 amide bonds. The zero-order valence-electron chi connectivity index (χ0n) is 9.93. The van der Waals surface area contributed by atoms with E-state index in [0.29, 0.717) is 24.3 Å². The van der Waals surface area contributed by atoms with Crippen LogP contribution in [0.2, 0.25) is 0 Å². The third-order valence-electron chi connectivity index (χ3n) is 3.12. The van der Waals surface area contributed by atoms with E-state index in [-0.39, 0.29) is 5.91 Å². The van der Waals surface area contributed by atoms with E-state index in [1.54, 1.807) is 20.2 Å². The minimum absolute atomic E-state index is 0.149. The first-order valence-corrected chi connectivity index (χ1v) is 5.47. The number of nitrogens with zero attached hydrogens (tertiary/aromatic N) is 2. The van der Waals surface area contributed by atoms with Crippen molar-refractivity contribution in [2.24, 2.45) is 5.41 Å². The Kier molecular flexibility index (Phi) is 2.76. The van der Waals surface area contributed by atoms with Gasteiger partial charge in [0.1, 0.15) is 11.2 Å². The van der Waals surface area contributed by atoms with Crippen LogP contribution < -0.4 is 9.64 Å². The third-order valence-corrected chi connectivity index (χ3v) is 3.12. The van der Waals surface area contributed by atoms with Crippen LogP contribution in [0.5, 0.6) is 5.75 Å². The predicted octanol–water partition coefficient (Wildman–Crippen LogP) is 1.96. The highest BCUT2D eigenvalue weighted by Gasteiger charge is 2.52. The van der Waals surface area contributed by atoms with Crippen molar-refractivity contribution >= 4 is 11.6 Å². The second-order valence-corrected chi connectivity index (χ2v) is 4.23. The number of carbonyl (C=O) groups is 1. The summed E-state index contributed by atoms with van der Waals surface area (Å²) in [4.78, 5) is 13.7. The number of benzene rings is 1. The van der Waals surface area contributed by atoms with Crippen molar-refractivity contribution in [2.45, 2.75) is 12.8 Å². The first kappa shape index (κ1) is 11.5. The van der Waals surface area contributed by atoms with E-state index in [2.05, 4.69) is 6.07 Å². The van der Waals surface area contributed by atoms with Gasteiger partial charge in [0, 0.05) is 7.05 Å². The molecule has 88 valence electrons. The van der Waals surface area contributed by atoms with Crippen molar-refractivity contribution in [1.29, 1.82) is 5.26 Å². The van der Waals surface area contributed by atoms with Crippen LogP contribution >= 0.6 is 0 Å². The van der Waals surface area contributed by atoms with Gasteiger partial charge < -0.3 is 9.64 Å². The normalized spacial score (nSPS) is 15.8. The van der Waals surface area contributed by atoms with Crippen molar-refractivity contribution in [1.82, 2.24) is 0 Å². The number of hydrogen-bond donors (Lipinski definition) is 0. The van der Waals surface area contributed by atoms with Gasteiger partial charge in [0.05, 0.1) is 18.9 Å². The second-order valence-electron chi connectivity index (χ2n) is 4.23. The second kappa shape index (κ2) is 4.10. The lowest BCUT2D eigenvalue weighted by molar-refractivity contribution is -0.121. The maximum absolute atomic E-state index is 12.2. The van der Waals surface area contributed by atoms with Gasteiger partial charge in [-0.2, -0.15) is 5.26 Å². The summed E-state index contributed by atoms with van der Waals surface area (Å²) < 4.78 is 5.21. The third kappa shape index (κ3) is 1.84. The smallest absolute Gasteiger partial charge is 0.247 e. The summed E-state index contributed by atoms with van der Waals surface area (Å²) in [5.74, 6) is 0.488. The lowest BCUT2D eigenvalue weighted by Gasteiger charge is -2.21. The number of nitriles is 1.